The molecule has 0 bridgehead atoms. The second-order valence-corrected chi connectivity index (χ2v) is 4.65. The Morgan fingerprint density at radius 1 is 1.30 bits per heavy atom. The van der Waals surface area contributed by atoms with Gasteiger partial charge in [0, 0.05) is 6.42 Å². The van der Waals surface area contributed by atoms with Crippen molar-refractivity contribution < 1.29 is 19.4 Å². The van der Waals surface area contributed by atoms with Gasteiger partial charge in [-0.3, -0.25) is 4.79 Å². The molecule has 1 aromatic rings. The number of aliphatic hydroxyl groups excluding tert-OH is 1. The first-order valence-electron chi connectivity index (χ1n) is 6.63. The third-order valence-corrected chi connectivity index (χ3v) is 2.97. The van der Waals surface area contributed by atoms with Crippen LogP contribution >= 0.6 is 0 Å². The Morgan fingerprint density at radius 2 is 1.95 bits per heavy atom. The highest BCUT2D eigenvalue weighted by Crippen LogP contribution is 2.05. The smallest absolute Gasteiger partial charge is 0.331 e. The maximum Gasteiger partial charge on any atom is 0.331 e. The molecule has 1 amide bonds. The summed E-state index contributed by atoms with van der Waals surface area (Å²) in [4.78, 5) is 23.1. The first-order chi connectivity index (χ1) is 9.54. The second kappa shape index (κ2) is 8.32. The van der Waals surface area contributed by atoms with Gasteiger partial charge in [-0.2, -0.15) is 0 Å². The summed E-state index contributed by atoms with van der Waals surface area (Å²) in [6, 6.07) is 8.85. The third kappa shape index (κ3) is 5.40. The summed E-state index contributed by atoms with van der Waals surface area (Å²) in [5, 5.41) is 11.9. The first-order valence-corrected chi connectivity index (χ1v) is 6.63. The average Bonchev–Trinajstić information content (AvgIpc) is 2.45. The fraction of sp³-hybridized carbons (Fsp3) is 0.467. The molecule has 0 spiro atoms. The number of methoxy groups -OCH3 is 1. The highest BCUT2D eigenvalue weighted by molar-refractivity contribution is 5.84. The van der Waals surface area contributed by atoms with Gasteiger partial charge in [-0.25, -0.2) is 4.79 Å². The number of nitrogens with one attached hydrogen (secondary N) is 1. The van der Waals surface area contributed by atoms with Crippen LogP contribution in [0, 0.1) is 0 Å². The minimum Gasteiger partial charge on any atom is -0.467 e. The average molecular weight is 279 g/mol. The number of carbonyl (C=O) groups is 2. The van der Waals surface area contributed by atoms with E-state index in [0.29, 0.717) is 12.8 Å². The molecule has 110 valence electrons. The zero-order valence-electron chi connectivity index (χ0n) is 11.8. The van der Waals surface area contributed by atoms with E-state index in [1.54, 1.807) is 0 Å². The molecular weight excluding hydrogens is 258 g/mol. The van der Waals surface area contributed by atoms with Crippen molar-refractivity contribution in [3.05, 3.63) is 35.9 Å². The van der Waals surface area contributed by atoms with Crippen LogP contribution in [0.1, 0.15) is 25.3 Å². The van der Waals surface area contributed by atoms with Crippen LogP contribution in [0.25, 0.3) is 0 Å². The fourth-order valence-corrected chi connectivity index (χ4v) is 1.85. The van der Waals surface area contributed by atoms with Crippen molar-refractivity contribution in [1.82, 2.24) is 5.32 Å². The molecule has 0 saturated carbocycles. The molecule has 2 atom stereocenters. The summed E-state index contributed by atoms with van der Waals surface area (Å²) >= 11 is 0. The summed E-state index contributed by atoms with van der Waals surface area (Å²) in [6.45, 7) is 1.44. The number of esters is 1. The summed E-state index contributed by atoms with van der Waals surface area (Å²) in [5.41, 5.74) is 1.17. The standard InChI is InChI=1S/C15H21NO4/c1-11(17)14(15(19)20-2)16-13(18)10-6-9-12-7-4-3-5-8-12/h3-5,7-8,11,14,17H,6,9-10H2,1-2H3,(H,16,18). The molecule has 0 fully saturated rings. The minimum atomic E-state index is -1.01. The number of aliphatic hydroxyl groups is 1. The Kier molecular flexibility index (Phi) is 6.73. The zero-order chi connectivity index (χ0) is 15.0. The normalized spacial score (nSPS) is 13.3. The van der Waals surface area contributed by atoms with Crippen molar-refractivity contribution in [2.75, 3.05) is 7.11 Å². The van der Waals surface area contributed by atoms with Crippen LogP contribution in [0.5, 0.6) is 0 Å². The largest absolute Gasteiger partial charge is 0.467 e. The third-order valence-electron chi connectivity index (χ3n) is 2.97. The van der Waals surface area contributed by atoms with Crippen molar-refractivity contribution in [2.24, 2.45) is 0 Å². The van der Waals surface area contributed by atoms with E-state index >= 15 is 0 Å². The summed E-state index contributed by atoms with van der Waals surface area (Å²) in [6.07, 6.45) is 0.797. The molecule has 0 aliphatic rings. The van der Waals surface area contributed by atoms with E-state index in [1.165, 1.54) is 19.6 Å². The van der Waals surface area contributed by atoms with E-state index in [4.69, 9.17) is 0 Å². The fourth-order valence-electron chi connectivity index (χ4n) is 1.85. The Morgan fingerprint density at radius 3 is 2.50 bits per heavy atom. The Bertz CT molecular complexity index is 431. The maximum absolute atomic E-state index is 11.7. The SMILES string of the molecule is COC(=O)C(NC(=O)CCCc1ccccc1)C(C)O. The molecule has 1 rings (SSSR count). The highest BCUT2D eigenvalue weighted by atomic mass is 16.5. The number of rotatable bonds is 7. The summed E-state index contributed by atoms with van der Waals surface area (Å²) in [7, 11) is 1.22. The lowest BCUT2D eigenvalue weighted by Gasteiger charge is -2.18. The van der Waals surface area contributed by atoms with E-state index in [0.717, 1.165) is 6.42 Å². The van der Waals surface area contributed by atoms with Gasteiger partial charge in [0.1, 0.15) is 0 Å². The lowest BCUT2D eigenvalue weighted by Crippen LogP contribution is -2.48. The number of hydrogen-bond acceptors (Lipinski definition) is 4. The van der Waals surface area contributed by atoms with Gasteiger partial charge in [0.2, 0.25) is 5.91 Å². The molecule has 0 aliphatic carbocycles. The van der Waals surface area contributed by atoms with Crippen molar-refractivity contribution in [3.63, 3.8) is 0 Å². The molecule has 2 N–H and O–H groups in total. The van der Waals surface area contributed by atoms with E-state index < -0.39 is 18.1 Å². The Hall–Kier alpha value is -1.88. The zero-order valence-corrected chi connectivity index (χ0v) is 11.8. The number of ether oxygens (including phenoxy) is 1. The maximum atomic E-state index is 11.7. The Balaban J connectivity index is 2.37. The van der Waals surface area contributed by atoms with Gasteiger partial charge in [-0.15, -0.1) is 0 Å². The highest BCUT2D eigenvalue weighted by Gasteiger charge is 2.25. The van der Waals surface area contributed by atoms with Crippen LogP contribution < -0.4 is 5.32 Å². The number of hydrogen-bond donors (Lipinski definition) is 2. The number of amides is 1. The van der Waals surface area contributed by atoms with Gasteiger partial charge in [-0.1, -0.05) is 30.3 Å². The second-order valence-electron chi connectivity index (χ2n) is 4.65. The van der Waals surface area contributed by atoms with Crippen LogP contribution in [0.2, 0.25) is 0 Å². The number of benzene rings is 1. The molecule has 2 unspecified atom stereocenters. The van der Waals surface area contributed by atoms with Gasteiger partial charge < -0.3 is 15.2 Å². The Labute approximate surface area is 118 Å². The van der Waals surface area contributed by atoms with Gasteiger partial charge in [0.15, 0.2) is 6.04 Å². The van der Waals surface area contributed by atoms with Crippen LogP contribution in [0.4, 0.5) is 0 Å². The summed E-state index contributed by atoms with van der Waals surface area (Å²) in [5.74, 6) is -0.909. The van der Waals surface area contributed by atoms with Gasteiger partial charge in [-0.05, 0) is 25.3 Å². The molecule has 1 aromatic carbocycles. The summed E-state index contributed by atoms with van der Waals surface area (Å²) < 4.78 is 4.53. The van der Waals surface area contributed by atoms with Crippen molar-refractivity contribution in [1.29, 1.82) is 0 Å². The molecule has 5 nitrogen and oxygen atoms in total. The van der Waals surface area contributed by atoms with Gasteiger partial charge in [0.25, 0.3) is 0 Å². The lowest BCUT2D eigenvalue weighted by atomic mass is 10.1. The number of aryl methyl sites for hydroxylation is 1. The van der Waals surface area contributed by atoms with E-state index in [-0.39, 0.29) is 5.91 Å². The predicted octanol–water partition coefficient (Wildman–Crippen LogP) is 1.05. The monoisotopic (exact) mass is 279 g/mol. The van der Waals surface area contributed by atoms with Crippen molar-refractivity contribution in [3.8, 4) is 0 Å². The van der Waals surface area contributed by atoms with E-state index in [2.05, 4.69) is 10.1 Å². The van der Waals surface area contributed by atoms with E-state index in [9.17, 15) is 14.7 Å². The lowest BCUT2D eigenvalue weighted by molar-refractivity contribution is -0.148. The molecule has 0 aliphatic heterocycles. The quantitative estimate of drug-likeness (QED) is 0.731. The van der Waals surface area contributed by atoms with E-state index in [1.807, 2.05) is 30.3 Å². The van der Waals surface area contributed by atoms with Crippen LogP contribution in [-0.2, 0) is 20.7 Å². The topological polar surface area (TPSA) is 75.6 Å². The van der Waals surface area contributed by atoms with Gasteiger partial charge in [0.05, 0.1) is 13.2 Å². The molecular formula is C15H21NO4. The van der Waals surface area contributed by atoms with Crippen molar-refractivity contribution in [2.45, 2.75) is 38.3 Å². The molecule has 5 heteroatoms. The molecule has 0 saturated heterocycles. The van der Waals surface area contributed by atoms with Crippen molar-refractivity contribution >= 4 is 11.9 Å². The first kappa shape index (κ1) is 16.2. The van der Waals surface area contributed by atoms with Crippen LogP contribution in [0.3, 0.4) is 0 Å². The minimum absolute atomic E-state index is 0.266. The molecule has 0 radical (unpaired) electrons. The van der Waals surface area contributed by atoms with Gasteiger partial charge >= 0.3 is 5.97 Å². The van der Waals surface area contributed by atoms with Crippen LogP contribution in [0.15, 0.2) is 30.3 Å². The molecule has 20 heavy (non-hydrogen) atoms. The molecule has 0 heterocycles. The number of carbonyl (C=O) groups excluding carboxylic acids is 2. The predicted molar refractivity (Wildman–Crippen MR) is 75.0 cm³/mol. The molecule has 0 aromatic heterocycles. The van der Waals surface area contributed by atoms with Crippen LogP contribution in [-0.4, -0.2) is 36.2 Å².